The van der Waals surface area contributed by atoms with Gasteiger partial charge >= 0.3 is 0 Å². The maximum atomic E-state index is 14.2. The Balaban J connectivity index is 1.60. The van der Waals surface area contributed by atoms with Gasteiger partial charge in [-0.05, 0) is 69.2 Å². The van der Waals surface area contributed by atoms with Gasteiger partial charge in [-0.1, -0.05) is 13.0 Å². The SMILES string of the molecule is CC[C@@H](O[C@]12CC[C@H](C1)c1cc(-c3c(F)cccc3F)nnc12)C(=O)NCC(C)(C)O. The van der Waals surface area contributed by atoms with Crippen molar-refractivity contribution in [3.8, 4) is 11.3 Å². The van der Waals surface area contributed by atoms with Crippen LogP contribution < -0.4 is 5.32 Å². The van der Waals surface area contributed by atoms with Crippen LogP contribution in [0, 0.1) is 11.6 Å². The van der Waals surface area contributed by atoms with E-state index in [1.165, 1.54) is 18.2 Å². The monoisotopic (exact) mass is 431 g/mol. The second kappa shape index (κ2) is 7.91. The van der Waals surface area contributed by atoms with Crippen molar-refractivity contribution in [1.82, 2.24) is 15.5 Å². The zero-order valence-electron chi connectivity index (χ0n) is 17.9. The smallest absolute Gasteiger partial charge is 0.249 e. The molecule has 0 radical (unpaired) electrons. The zero-order valence-corrected chi connectivity index (χ0v) is 17.9. The summed E-state index contributed by atoms with van der Waals surface area (Å²) in [6.07, 6.45) is 1.99. The molecule has 1 aromatic carbocycles. The number of aromatic nitrogens is 2. The van der Waals surface area contributed by atoms with Gasteiger partial charge < -0.3 is 15.2 Å². The fourth-order valence-corrected chi connectivity index (χ4v) is 4.60. The van der Waals surface area contributed by atoms with Crippen molar-refractivity contribution in [2.24, 2.45) is 0 Å². The second-order valence-electron chi connectivity index (χ2n) is 9.11. The van der Waals surface area contributed by atoms with Gasteiger partial charge in [-0.25, -0.2) is 8.78 Å². The normalized spacial score (nSPS) is 23.0. The van der Waals surface area contributed by atoms with Crippen LogP contribution in [0.4, 0.5) is 8.78 Å². The van der Waals surface area contributed by atoms with Crippen LogP contribution in [0.15, 0.2) is 24.3 Å². The molecule has 2 aliphatic carbocycles. The lowest BCUT2D eigenvalue weighted by Gasteiger charge is -2.32. The fraction of sp³-hybridized carbons (Fsp3) is 0.522. The Morgan fingerprint density at radius 3 is 2.71 bits per heavy atom. The van der Waals surface area contributed by atoms with Gasteiger partial charge in [-0.3, -0.25) is 4.79 Å². The topological polar surface area (TPSA) is 84.3 Å². The van der Waals surface area contributed by atoms with Gasteiger partial charge in [-0.2, -0.15) is 5.10 Å². The lowest BCUT2D eigenvalue weighted by molar-refractivity contribution is -0.150. The minimum absolute atomic E-state index is 0.120. The van der Waals surface area contributed by atoms with E-state index in [0.29, 0.717) is 25.0 Å². The summed E-state index contributed by atoms with van der Waals surface area (Å²) in [5, 5.41) is 21.0. The minimum atomic E-state index is -1.02. The predicted octanol–water partition coefficient (Wildman–Crippen LogP) is 3.58. The number of benzene rings is 1. The Kier molecular flexibility index (Phi) is 5.55. The second-order valence-corrected chi connectivity index (χ2v) is 9.11. The van der Waals surface area contributed by atoms with Crippen molar-refractivity contribution in [3.05, 3.63) is 47.2 Å². The van der Waals surface area contributed by atoms with Crippen molar-refractivity contribution >= 4 is 5.91 Å². The molecule has 2 aliphatic rings. The lowest BCUT2D eigenvalue weighted by Crippen LogP contribution is -2.46. The Morgan fingerprint density at radius 1 is 1.35 bits per heavy atom. The summed E-state index contributed by atoms with van der Waals surface area (Å²) in [5.74, 6) is -1.50. The average Bonchev–Trinajstić information content (AvgIpc) is 3.27. The van der Waals surface area contributed by atoms with Crippen LogP contribution in [0.1, 0.15) is 63.6 Å². The molecule has 31 heavy (non-hydrogen) atoms. The predicted molar refractivity (Wildman–Crippen MR) is 110 cm³/mol. The molecule has 166 valence electrons. The molecule has 0 spiro atoms. The van der Waals surface area contributed by atoms with E-state index >= 15 is 0 Å². The highest BCUT2D eigenvalue weighted by molar-refractivity contribution is 5.80. The van der Waals surface area contributed by atoms with Gasteiger partial charge in [0.15, 0.2) is 0 Å². The summed E-state index contributed by atoms with van der Waals surface area (Å²) in [5.41, 5.74) is -0.246. The minimum Gasteiger partial charge on any atom is -0.389 e. The first kappa shape index (κ1) is 21.8. The van der Waals surface area contributed by atoms with Gasteiger partial charge in [0, 0.05) is 6.54 Å². The summed E-state index contributed by atoms with van der Waals surface area (Å²) < 4.78 is 34.8. The average molecular weight is 431 g/mol. The van der Waals surface area contributed by atoms with Crippen LogP contribution in [-0.4, -0.2) is 39.5 Å². The van der Waals surface area contributed by atoms with Crippen molar-refractivity contribution in [2.75, 3.05) is 6.54 Å². The molecule has 0 aliphatic heterocycles. The molecule has 4 rings (SSSR count). The van der Waals surface area contributed by atoms with E-state index in [2.05, 4.69) is 15.5 Å². The number of carbonyl (C=O) groups is 1. The third kappa shape index (κ3) is 4.06. The summed E-state index contributed by atoms with van der Waals surface area (Å²) in [6.45, 7) is 5.22. The molecule has 3 atom stereocenters. The van der Waals surface area contributed by atoms with Crippen LogP contribution >= 0.6 is 0 Å². The Bertz CT molecular complexity index is 988. The molecule has 2 N–H and O–H groups in total. The summed E-state index contributed by atoms with van der Waals surface area (Å²) in [6, 6.07) is 5.41. The van der Waals surface area contributed by atoms with Gasteiger partial charge in [0.05, 0.1) is 22.6 Å². The first-order valence-electron chi connectivity index (χ1n) is 10.6. The number of rotatable bonds is 7. The molecule has 1 saturated carbocycles. The molecule has 1 fully saturated rings. The maximum Gasteiger partial charge on any atom is 0.249 e. The third-order valence-corrected chi connectivity index (χ3v) is 6.11. The number of carbonyl (C=O) groups excluding carboxylic acids is 1. The van der Waals surface area contributed by atoms with E-state index in [1.54, 1.807) is 19.9 Å². The molecule has 1 aromatic heterocycles. The van der Waals surface area contributed by atoms with E-state index in [1.807, 2.05) is 6.92 Å². The standard InChI is InChI=1S/C23H27F2N3O3/c1-4-18(21(29)26-12-22(2,3)30)31-23-9-8-13(11-23)14-10-17(27-28-20(14)23)19-15(24)6-5-7-16(19)25/h5-7,10,13,18,30H,4,8-9,11-12H2,1-3H3,(H,26,29)/t13-,18-,23-/m1/s1. The Morgan fingerprint density at radius 2 is 2.06 bits per heavy atom. The van der Waals surface area contributed by atoms with Crippen LogP contribution in [0.25, 0.3) is 11.3 Å². The number of halogens is 2. The number of aliphatic hydroxyl groups is 1. The number of amides is 1. The van der Waals surface area contributed by atoms with Crippen molar-refractivity contribution < 1.29 is 23.4 Å². The highest BCUT2D eigenvalue weighted by Gasteiger charge is 2.53. The van der Waals surface area contributed by atoms with E-state index in [0.717, 1.165) is 12.0 Å². The fourth-order valence-electron chi connectivity index (χ4n) is 4.60. The Labute approximate surface area is 180 Å². The first-order chi connectivity index (χ1) is 14.6. The number of nitrogens with one attached hydrogen (secondary N) is 1. The van der Waals surface area contributed by atoms with E-state index in [9.17, 15) is 18.7 Å². The van der Waals surface area contributed by atoms with E-state index in [-0.39, 0.29) is 29.6 Å². The molecule has 0 saturated heterocycles. The highest BCUT2D eigenvalue weighted by atomic mass is 19.1. The molecule has 2 bridgehead atoms. The summed E-state index contributed by atoms with van der Waals surface area (Å²) in [4.78, 5) is 12.6. The maximum absolute atomic E-state index is 14.2. The summed E-state index contributed by atoms with van der Waals surface area (Å²) in [7, 11) is 0. The first-order valence-corrected chi connectivity index (χ1v) is 10.6. The number of hydrogen-bond donors (Lipinski definition) is 2. The van der Waals surface area contributed by atoms with Gasteiger partial charge in [0.2, 0.25) is 5.91 Å². The quantitative estimate of drug-likeness (QED) is 0.700. The lowest BCUT2D eigenvalue weighted by atomic mass is 9.92. The van der Waals surface area contributed by atoms with Gasteiger partial charge in [-0.15, -0.1) is 5.10 Å². The van der Waals surface area contributed by atoms with Crippen LogP contribution in [0.5, 0.6) is 0 Å². The highest BCUT2D eigenvalue weighted by Crippen LogP contribution is 2.57. The molecule has 1 heterocycles. The number of hydrogen-bond acceptors (Lipinski definition) is 5. The van der Waals surface area contributed by atoms with Crippen molar-refractivity contribution in [3.63, 3.8) is 0 Å². The molecular formula is C23H27F2N3O3. The number of fused-ring (bicyclic) bond motifs is 5. The molecular weight excluding hydrogens is 404 g/mol. The third-order valence-electron chi connectivity index (χ3n) is 6.11. The molecule has 6 nitrogen and oxygen atoms in total. The molecule has 8 heteroatoms. The van der Waals surface area contributed by atoms with Crippen LogP contribution in [0.2, 0.25) is 0 Å². The number of ether oxygens (including phenoxy) is 1. The van der Waals surface area contributed by atoms with Crippen molar-refractivity contribution in [2.45, 2.75) is 69.7 Å². The van der Waals surface area contributed by atoms with Gasteiger partial charge in [0.1, 0.15) is 23.3 Å². The van der Waals surface area contributed by atoms with Crippen LogP contribution in [0.3, 0.4) is 0 Å². The summed E-state index contributed by atoms with van der Waals surface area (Å²) >= 11 is 0. The number of nitrogens with zero attached hydrogens (tertiary/aromatic N) is 2. The van der Waals surface area contributed by atoms with E-state index < -0.39 is 28.9 Å². The molecule has 2 aromatic rings. The molecule has 1 amide bonds. The van der Waals surface area contributed by atoms with Crippen LogP contribution in [-0.2, 0) is 15.1 Å². The Hall–Kier alpha value is -2.45. The van der Waals surface area contributed by atoms with Gasteiger partial charge in [0.25, 0.3) is 0 Å². The van der Waals surface area contributed by atoms with Crippen molar-refractivity contribution in [1.29, 1.82) is 0 Å². The zero-order chi connectivity index (χ0) is 22.4. The van der Waals surface area contributed by atoms with E-state index in [4.69, 9.17) is 4.74 Å². The molecule has 0 unspecified atom stereocenters. The largest absolute Gasteiger partial charge is 0.389 e.